The summed E-state index contributed by atoms with van der Waals surface area (Å²) in [7, 11) is -3.97. The average molecular weight is 183 g/mol. The van der Waals surface area contributed by atoms with Crippen molar-refractivity contribution in [3.63, 3.8) is 0 Å². The molecule has 6 heteroatoms. The fourth-order valence-electron chi connectivity index (χ4n) is 0.838. The van der Waals surface area contributed by atoms with E-state index in [9.17, 15) is 8.42 Å². The number of rotatable bonds is 2. The summed E-state index contributed by atoms with van der Waals surface area (Å²) >= 11 is 1.68. The Balaban J connectivity index is 2.38. The lowest BCUT2D eigenvalue weighted by atomic mass is 10.3. The molecule has 1 aliphatic heterocycles. The number of thioether (sulfide) groups is 1. The van der Waals surface area contributed by atoms with Crippen LogP contribution >= 0.6 is 11.8 Å². The Bertz CT molecular complexity index is 195. The largest absolute Gasteiger partial charge is 0.333 e. The van der Waals surface area contributed by atoms with Gasteiger partial charge in [0.25, 0.3) is 0 Å². The van der Waals surface area contributed by atoms with E-state index in [1.165, 1.54) is 0 Å². The third kappa shape index (κ3) is 2.87. The Hall–Kier alpha value is 0.220. The molecule has 0 aromatic rings. The van der Waals surface area contributed by atoms with Gasteiger partial charge in [0.2, 0.25) is 0 Å². The predicted octanol–water partition coefficient (Wildman–Crippen LogP) is -0.116. The summed E-state index contributed by atoms with van der Waals surface area (Å²) in [5.74, 6) is 1.73. The van der Waals surface area contributed by atoms with Gasteiger partial charge in [-0.05, 0) is 12.2 Å². The molecule has 1 saturated heterocycles. The first-order chi connectivity index (χ1) is 4.58. The van der Waals surface area contributed by atoms with Crippen molar-refractivity contribution in [2.24, 2.45) is 0 Å². The third-order valence-corrected chi connectivity index (χ3v) is 3.04. The third-order valence-electron chi connectivity index (χ3n) is 1.25. The standard InChI is InChI=1S/C4H9NO3S2/c6-10(7,8)5-4-1-2-9-3-4/h4-5H,1-3H2,(H,6,7,8). The van der Waals surface area contributed by atoms with Crippen LogP contribution in [0.5, 0.6) is 0 Å². The zero-order valence-electron chi connectivity index (χ0n) is 5.28. The number of hydrogen-bond acceptors (Lipinski definition) is 3. The molecule has 0 saturated carbocycles. The highest BCUT2D eigenvalue weighted by Gasteiger charge is 2.19. The fraction of sp³-hybridized carbons (Fsp3) is 1.00. The van der Waals surface area contributed by atoms with Crippen LogP contribution in [0.25, 0.3) is 0 Å². The molecule has 1 rings (SSSR count). The first kappa shape index (κ1) is 8.32. The summed E-state index contributed by atoms with van der Waals surface area (Å²) in [5, 5.41) is 0. The van der Waals surface area contributed by atoms with Crippen molar-refractivity contribution < 1.29 is 13.0 Å². The van der Waals surface area contributed by atoms with Crippen LogP contribution in [0.15, 0.2) is 0 Å². The van der Waals surface area contributed by atoms with Gasteiger partial charge >= 0.3 is 10.3 Å². The second-order valence-electron chi connectivity index (χ2n) is 2.15. The lowest BCUT2D eigenvalue weighted by Crippen LogP contribution is -2.33. The van der Waals surface area contributed by atoms with Crippen LogP contribution in [0, 0.1) is 0 Å². The Morgan fingerprint density at radius 2 is 2.30 bits per heavy atom. The van der Waals surface area contributed by atoms with Crippen LogP contribution in [0.4, 0.5) is 0 Å². The second-order valence-corrected chi connectivity index (χ2v) is 4.49. The highest BCUT2D eigenvalue weighted by atomic mass is 32.2. The zero-order valence-corrected chi connectivity index (χ0v) is 6.91. The van der Waals surface area contributed by atoms with Crippen molar-refractivity contribution in [3.8, 4) is 0 Å². The Labute approximate surface area is 64.3 Å². The van der Waals surface area contributed by atoms with Gasteiger partial charge in [-0.2, -0.15) is 24.9 Å². The van der Waals surface area contributed by atoms with Gasteiger partial charge in [-0.1, -0.05) is 0 Å². The van der Waals surface area contributed by atoms with Gasteiger partial charge in [0.05, 0.1) is 0 Å². The summed E-state index contributed by atoms with van der Waals surface area (Å²) in [6.45, 7) is 0. The van der Waals surface area contributed by atoms with Crippen molar-refractivity contribution in [3.05, 3.63) is 0 Å². The summed E-state index contributed by atoms with van der Waals surface area (Å²) in [6.07, 6.45) is 0.810. The second kappa shape index (κ2) is 3.08. The molecule has 1 fully saturated rings. The van der Waals surface area contributed by atoms with Crippen LogP contribution in [-0.2, 0) is 10.3 Å². The van der Waals surface area contributed by atoms with E-state index in [4.69, 9.17) is 4.55 Å². The molecule has 1 atom stereocenters. The molecule has 1 unspecified atom stereocenters. The molecule has 60 valence electrons. The van der Waals surface area contributed by atoms with Crippen LogP contribution in [-0.4, -0.2) is 30.5 Å². The molecule has 0 amide bonds. The Kier molecular flexibility index (Phi) is 2.56. The predicted molar refractivity (Wildman–Crippen MR) is 40.4 cm³/mol. The van der Waals surface area contributed by atoms with Crippen molar-refractivity contribution in [1.29, 1.82) is 0 Å². The molecule has 1 aliphatic rings. The molecule has 1 heterocycles. The first-order valence-electron chi connectivity index (χ1n) is 2.90. The van der Waals surface area contributed by atoms with Gasteiger partial charge < -0.3 is 0 Å². The van der Waals surface area contributed by atoms with Crippen molar-refractivity contribution >= 4 is 22.1 Å². The Morgan fingerprint density at radius 3 is 2.70 bits per heavy atom. The van der Waals surface area contributed by atoms with Crippen LogP contribution in [0.3, 0.4) is 0 Å². The minimum atomic E-state index is -3.97. The maximum Gasteiger partial charge on any atom is 0.333 e. The van der Waals surface area contributed by atoms with Crippen molar-refractivity contribution in [2.45, 2.75) is 12.5 Å². The first-order valence-corrected chi connectivity index (χ1v) is 5.50. The Morgan fingerprint density at radius 1 is 1.60 bits per heavy atom. The van der Waals surface area contributed by atoms with Crippen LogP contribution in [0.1, 0.15) is 6.42 Å². The fourth-order valence-corrected chi connectivity index (χ4v) is 2.72. The van der Waals surface area contributed by atoms with Gasteiger partial charge in [-0.25, -0.2) is 0 Å². The van der Waals surface area contributed by atoms with E-state index in [0.29, 0.717) is 0 Å². The maximum atomic E-state index is 10.2. The molecular weight excluding hydrogens is 174 g/mol. The molecular formula is C4H9NO3S2. The summed E-state index contributed by atoms with van der Waals surface area (Å²) < 4.78 is 30.9. The molecule has 0 spiro atoms. The number of hydrogen-bond donors (Lipinski definition) is 2. The minimum absolute atomic E-state index is 0.0694. The summed E-state index contributed by atoms with van der Waals surface area (Å²) in [4.78, 5) is 0. The molecule has 0 aliphatic carbocycles. The van der Waals surface area contributed by atoms with E-state index in [1.54, 1.807) is 11.8 Å². The SMILES string of the molecule is O=S(=O)(O)NC1CCSC1. The summed E-state index contributed by atoms with van der Waals surface area (Å²) in [6, 6.07) is -0.0694. The van der Waals surface area contributed by atoms with Gasteiger partial charge in [0.15, 0.2) is 0 Å². The smallest absolute Gasteiger partial charge is 0.273 e. The maximum absolute atomic E-state index is 10.2. The normalized spacial score (nSPS) is 27.1. The molecule has 10 heavy (non-hydrogen) atoms. The van der Waals surface area contributed by atoms with E-state index >= 15 is 0 Å². The average Bonchev–Trinajstić information content (AvgIpc) is 2.12. The van der Waals surface area contributed by atoms with E-state index < -0.39 is 10.3 Å². The van der Waals surface area contributed by atoms with E-state index in [1.807, 2.05) is 0 Å². The highest BCUT2D eigenvalue weighted by molar-refractivity contribution is 7.99. The zero-order chi connectivity index (χ0) is 7.61. The van der Waals surface area contributed by atoms with E-state index in [2.05, 4.69) is 4.72 Å². The van der Waals surface area contributed by atoms with E-state index in [0.717, 1.165) is 17.9 Å². The molecule has 0 aromatic carbocycles. The van der Waals surface area contributed by atoms with Gasteiger partial charge in [-0.15, -0.1) is 0 Å². The van der Waals surface area contributed by atoms with Crippen LogP contribution < -0.4 is 4.72 Å². The van der Waals surface area contributed by atoms with Gasteiger partial charge in [0, 0.05) is 11.8 Å². The lowest BCUT2D eigenvalue weighted by molar-refractivity contribution is 0.456. The molecule has 0 aromatic heterocycles. The van der Waals surface area contributed by atoms with Crippen LogP contribution in [0.2, 0.25) is 0 Å². The lowest BCUT2D eigenvalue weighted by Gasteiger charge is -2.05. The molecule has 2 N–H and O–H groups in total. The van der Waals surface area contributed by atoms with Crippen molar-refractivity contribution in [1.82, 2.24) is 4.72 Å². The molecule has 0 radical (unpaired) electrons. The van der Waals surface area contributed by atoms with E-state index in [-0.39, 0.29) is 6.04 Å². The monoisotopic (exact) mass is 183 g/mol. The van der Waals surface area contributed by atoms with Crippen molar-refractivity contribution in [2.75, 3.05) is 11.5 Å². The highest BCUT2D eigenvalue weighted by Crippen LogP contribution is 2.17. The summed E-state index contributed by atoms with van der Waals surface area (Å²) in [5.41, 5.74) is 0. The number of nitrogens with one attached hydrogen (secondary N) is 1. The quantitative estimate of drug-likeness (QED) is 0.586. The molecule has 0 bridgehead atoms. The minimum Gasteiger partial charge on any atom is -0.273 e. The van der Waals surface area contributed by atoms with Gasteiger partial charge in [0.1, 0.15) is 0 Å². The van der Waals surface area contributed by atoms with Gasteiger partial charge in [-0.3, -0.25) is 4.55 Å². The topological polar surface area (TPSA) is 66.4 Å². The molecule has 4 nitrogen and oxygen atoms in total.